The van der Waals surface area contributed by atoms with Gasteiger partial charge in [0.25, 0.3) is 0 Å². The Balaban J connectivity index is 1.87. The minimum absolute atomic E-state index is 0.502. The van der Waals surface area contributed by atoms with Crippen LogP contribution in [0.5, 0.6) is 0 Å². The number of aryl methyl sites for hydroxylation is 2. The number of nitrogens with zero attached hydrogens (tertiary/aromatic N) is 2. The molecule has 0 radical (unpaired) electrons. The number of aromatic nitrogens is 3. The van der Waals surface area contributed by atoms with Gasteiger partial charge in [-0.15, -0.1) is 0 Å². The smallest absolute Gasteiger partial charge is 0.153 e. The molecule has 3 N–H and O–H groups in total. The van der Waals surface area contributed by atoms with Crippen LogP contribution in [0.2, 0.25) is 0 Å². The van der Waals surface area contributed by atoms with E-state index in [4.69, 9.17) is 10.2 Å². The lowest BCUT2D eigenvalue weighted by molar-refractivity contribution is 0.507. The molecule has 19 heavy (non-hydrogen) atoms. The second-order valence-corrected chi connectivity index (χ2v) is 4.28. The molecule has 3 heterocycles. The molecule has 96 valence electrons. The Morgan fingerprint density at radius 1 is 1.21 bits per heavy atom. The molecular formula is C14H14N4O. The fraction of sp³-hybridized carbons (Fsp3) is 0.143. The van der Waals surface area contributed by atoms with Crippen molar-refractivity contribution in [3.05, 3.63) is 54.4 Å². The molecule has 0 bridgehead atoms. The van der Waals surface area contributed by atoms with E-state index in [9.17, 15) is 0 Å². The highest BCUT2D eigenvalue weighted by Crippen LogP contribution is 2.27. The Bertz CT molecular complexity index is 643. The molecule has 0 spiro atoms. The summed E-state index contributed by atoms with van der Waals surface area (Å²) in [6, 6.07) is 7.71. The lowest BCUT2D eigenvalue weighted by Gasteiger charge is -2.03. The summed E-state index contributed by atoms with van der Waals surface area (Å²) in [7, 11) is 0. The van der Waals surface area contributed by atoms with Gasteiger partial charge in [0, 0.05) is 35.6 Å². The summed E-state index contributed by atoms with van der Waals surface area (Å²) in [4.78, 5) is 4.12. The van der Waals surface area contributed by atoms with Gasteiger partial charge >= 0.3 is 0 Å². The molecule has 0 aromatic carbocycles. The molecule has 0 fully saturated rings. The number of nitrogen functional groups attached to an aromatic ring is 1. The molecule has 0 amide bonds. The van der Waals surface area contributed by atoms with Crippen molar-refractivity contribution in [3.8, 4) is 11.1 Å². The number of anilines is 1. The van der Waals surface area contributed by atoms with Crippen LogP contribution in [0.3, 0.4) is 0 Å². The van der Waals surface area contributed by atoms with Gasteiger partial charge in [0.05, 0.1) is 6.26 Å². The zero-order valence-corrected chi connectivity index (χ0v) is 10.3. The third-order valence-corrected chi connectivity index (χ3v) is 3.02. The summed E-state index contributed by atoms with van der Waals surface area (Å²) in [5, 5.41) is 7.08. The van der Waals surface area contributed by atoms with Crippen LogP contribution in [0.15, 0.2) is 47.3 Å². The molecule has 0 aliphatic heterocycles. The van der Waals surface area contributed by atoms with E-state index < -0.39 is 0 Å². The van der Waals surface area contributed by atoms with E-state index in [-0.39, 0.29) is 0 Å². The normalized spacial score (nSPS) is 10.7. The number of aromatic amines is 1. The Labute approximate surface area is 110 Å². The summed E-state index contributed by atoms with van der Waals surface area (Å²) < 4.78 is 5.33. The van der Waals surface area contributed by atoms with E-state index in [1.165, 1.54) is 0 Å². The maximum absolute atomic E-state index is 5.93. The van der Waals surface area contributed by atoms with Crippen LogP contribution in [0.1, 0.15) is 11.5 Å². The molecule has 0 aliphatic rings. The maximum Gasteiger partial charge on any atom is 0.153 e. The van der Waals surface area contributed by atoms with Crippen LogP contribution in [0, 0.1) is 0 Å². The van der Waals surface area contributed by atoms with E-state index in [0.29, 0.717) is 5.82 Å². The van der Waals surface area contributed by atoms with E-state index in [2.05, 4.69) is 15.2 Å². The molecule has 3 aromatic rings. The van der Waals surface area contributed by atoms with Gasteiger partial charge in [0.2, 0.25) is 0 Å². The first kappa shape index (κ1) is 11.5. The number of H-pyrrole nitrogens is 1. The Morgan fingerprint density at radius 3 is 2.89 bits per heavy atom. The Morgan fingerprint density at radius 2 is 2.16 bits per heavy atom. The number of pyridine rings is 1. The van der Waals surface area contributed by atoms with Gasteiger partial charge in [-0.2, -0.15) is 5.10 Å². The van der Waals surface area contributed by atoms with Gasteiger partial charge in [-0.3, -0.25) is 10.1 Å². The number of rotatable bonds is 4. The lowest BCUT2D eigenvalue weighted by atomic mass is 10.0. The summed E-state index contributed by atoms with van der Waals surface area (Å²) in [5.41, 5.74) is 8.84. The molecule has 5 heteroatoms. The van der Waals surface area contributed by atoms with Crippen molar-refractivity contribution < 1.29 is 4.42 Å². The Hall–Kier alpha value is -2.56. The van der Waals surface area contributed by atoms with E-state index in [1.807, 2.05) is 24.3 Å². The summed E-state index contributed by atoms with van der Waals surface area (Å²) in [6.07, 6.45) is 6.81. The molecule has 0 aliphatic carbocycles. The van der Waals surface area contributed by atoms with Crippen molar-refractivity contribution in [1.29, 1.82) is 0 Å². The van der Waals surface area contributed by atoms with Crippen LogP contribution >= 0.6 is 0 Å². The monoisotopic (exact) mass is 254 g/mol. The summed E-state index contributed by atoms with van der Waals surface area (Å²) >= 11 is 0. The summed E-state index contributed by atoms with van der Waals surface area (Å²) in [5.74, 6) is 1.45. The minimum atomic E-state index is 0.502. The van der Waals surface area contributed by atoms with Crippen molar-refractivity contribution in [1.82, 2.24) is 15.2 Å². The summed E-state index contributed by atoms with van der Waals surface area (Å²) in [6.45, 7) is 0. The first-order chi connectivity index (χ1) is 9.34. The van der Waals surface area contributed by atoms with Crippen molar-refractivity contribution in [2.45, 2.75) is 12.8 Å². The number of nitrogens with two attached hydrogens (primary N) is 1. The third kappa shape index (κ3) is 2.35. The van der Waals surface area contributed by atoms with Crippen LogP contribution in [0.25, 0.3) is 11.1 Å². The van der Waals surface area contributed by atoms with Crippen molar-refractivity contribution in [3.63, 3.8) is 0 Å². The molecule has 0 atom stereocenters. The largest absolute Gasteiger partial charge is 0.469 e. The van der Waals surface area contributed by atoms with Gasteiger partial charge in [0.1, 0.15) is 5.76 Å². The second kappa shape index (κ2) is 4.97. The van der Waals surface area contributed by atoms with Crippen molar-refractivity contribution in [2.75, 3.05) is 5.73 Å². The third-order valence-electron chi connectivity index (χ3n) is 3.02. The van der Waals surface area contributed by atoms with Crippen LogP contribution < -0.4 is 5.73 Å². The van der Waals surface area contributed by atoms with Crippen molar-refractivity contribution in [2.24, 2.45) is 0 Å². The minimum Gasteiger partial charge on any atom is -0.469 e. The SMILES string of the molecule is Nc1n[nH]c(CCc2ccco2)c1-c1cccnc1. The van der Waals surface area contributed by atoms with E-state index >= 15 is 0 Å². The maximum atomic E-state index is 5.93. The standard InChI is InChI=1S/C14H14N4O/c15-14-13(10-3-1-7-16-9-10)12(17-18-14)6-5-11-4-2-8-19-11/h1-4,7-9H,5-6H2,(H3,15,17,18). The predicted octanol–water partition coefficient (Wildman–Crippen LogP) is 2.43. The van der Waals surface area contributed by atoms with Gasteiger partial charge < -0.3 is 10.2 Å². The quantitative estimate of drug-likeness (QED) is 0.749. The zero-order valence-electron chi connectivity index (χ0n) is 10.3. The number of hydrogen-bond acceptors (Lipinski definition) is 4. The average molecular weight is 254 g/mol. The first-order valence-electron chi connectivity index (χ1n) is 6.10. The first-order valence-corrected chi connectivity index (χ1v) is 6.10. The Kier molecular flexibility index (Phi) is 3.02. The molecule has 0 unspecified atom stereocenters. The molecular weight excluding hydrogens is 240 g/mol. The zero-order chi connectivity index (χ0) is 13.1. The van der Waals surface area contributed by atoms with Gasteiger partial charge in [-0.05, 0) is 24.6 Å². The van der Waals surface area contributed by atoms with Gasteiger partial charge in [-0.25, -0.2) is 0 Å². The van der Waals surface area contributed by atoms with Crippen molar-refractivity contribution >= 4 is 5.82 Å². The van der Waals surface area contributed by atoms with Crippen LogP contribution in [0.4, 0.5) is 5.82 Å². The van der Waals surface area contributed by atoms with Gasteiger partial charge in [-0.1, -0.05) is 6.07 Å². The molecule has 5 nitrogen and oxygen atoms in total. The average Bonchev–Trinajstić information content (AvgIpc) is 3.07. The molecule has 0 saturated carbocycles. The highest BCUT2D eigenvalue weighted by molar-refractivity contribution is 5.75. The lowest BCUT2D eigenvalue weighted by Crippen LogP contribution is -1.94. The second-order valence-electron chi connectivity index (χ2n) is 4.28. The molecule has 0 saturated heterocycles. The van der Waals surface area contributed by atoms with Crippen LogP contribution in [-0.4, -0.2) is 15.2 Å². The molecule has 3 rings (SSSR count). The fourth-order valence-corrected chi connectivity index (χ4v) is 2.11. The number of furan rings is 1. The number of hydrogen-bond donors (Lipinski definition) is 2. The van der Waals surface area contributed by atoms with Gasteiger partial charge in [0.15, 0.2) is 5.82 Å². The van der Waals surface area contributed by atoms with E-state index in [0.717, 1.165) is 35.4 Å². The van der Waals surface area contributed by atoms with Crippen LogP contribution in [-0.2, 0) is 12.8 Å². The topological polar surface area (TPSA) is 80.7 Å². The number of nitrogens with one attached hydrogen (secondary N) is 1. The fourth-order valence-electron chi connectivity index (χ4n) is 2.11. The predicted molar refractivity (Wildman–Crippen MR) is 72.3 cm³/mol. The highest BCUT2D eigenvalue weighted by atomic mass is 16.3. The van der Waals surface area contributed by atoms with E-state index in [1.54, 1.807) is 18.7 Å². The molecule has 3 aromatic heterocycles. The highest BCUT2D eigenvalue weighted by Gasteiger charge is 2.13.